The number of anilines is 1. The van der Waals surface area contributed by atoms with E-state index in [-0.39, 0.29) is 29.8 Å². The molecule has 0 unspecified atom stereocenters. The van der Waals surface area contributed by atoms with E-state index in [0.29, 0.717) is 11.3 Å². The predicted octanol–water partition coefficient (Wildman–Crippen LogP) is 2.28. The van der Waals surface area contributed by atoms with Crippen molar-refractivity contribution in [1.82, 2.24) is 5.32 Å². The highest BCUT2D eigenvalue weighted by Crippen LogP contribution is 2.18. The fraction of sp³-hybridized carbons (Fsp3) is 0.529. The lowest BCUT2D eigenvalue weighted by molar-refractivity contribution is -0.118. The minimum atomic E-state index is -0.0688. The Morgan fingerprint density at radius 1 is 1.09 bits per heavy atom. The van der Waals surface area contributed by atoms with Crippen LogP contribution in [0.4, 0.5) is 5.69 Å². The zero-order valence-electron chi connectivity index (χ0n) is 13.3. The van der Waals surface area contributed by atoms with Crippen LogP contribution in [-0.4, -0.2) is 23.9 Å². The third-order valence-electron chi connectivity index (χ3n) is 4.05. The molecule has 0 spiro atoms. The molecular formula is C17H25N3O2. The highest BCUT2D eigenvalue weighted by Gasteiger charge is 2.20. The van der Waals surface area contributed by atoms with Crippen LogP contribution in [0.5, 0.6) is 0 Å². The molecule has 1 aromatic carbocycles. The van der Waals surface area contributed by atoms with Crippen molar-refractivity contribution < 1.29 is 9.59 Å². The Morgan fingerprint density at radius 3 is 2.23 bits per heavy atom. The van der Waals surface area contributed by atoms with Crippen LogP contribution in [0.2, 0.25) is 0 Å². The molecule has 1 aliphatic rings. The lowest BCUT2D eigenvalue weighted by Crippen LogP contribution is -2.40. The largest absolute Gasteiger partial charge is 0.349 e. The number of carbonyl (C=O) groups is 2. The summed E-state index contributed by atoms with van der Waals surface area (Å²) in [5.41, 5.74) is 7.19. The molecule has 1 fully saturated rings. The molecule has 0 saturated heterocycles. The molecule has 1 aromatic rings. The Kier molecular flexibility index (Phi) is 5.55. The van der Waals surface area contributed by atoms with E-state index in [0.717, 1.165) is 25.7 Å². The van der Waals surface area contributed by atoms with Crippen LogP contribution in [-0.2, 0) is 4.79 Å². The van der Waals surface area contributed by atoms with Gasteiger partial charge in [-0.05, 0) is 49.9 Å². The van der Waals surface area contributed by atoms with Crippen LogP contribution in [0.15, 0.2) is 24.3 Å². The number of amides is 2. The Balaban J connectivity index is 1.89. The van der Waals surface area contributed by atoms with Gasteiger partial charge in [-0.2, -0.15) is 0 Å². The molecule has 0 heterocycles. The second-order valence-corrected chi connectivity index (χ2v) is 6.31. The first kappa shape index (κ1) is 16.5. The molecule has 0 aliphatic heterocycles. The van der Waals surface area contributed by atoms with Crippen molar-refractivity contribution in [2.24, 2.45) is 11.7 Å². The number of hydrogen-bond donors (Lipinski definition) is 3. The highest BCUT2D eigenvalue weighted by molar-refractivity contribution is 5.96. The third kappa shape index (κ3) is 4.56. The van der Waals surface area contributed by atoms with Crippen LogP contribution in [0.25, 0.3) is 0 Å². The standard InChI is InChI=1S/C17H25N3O2/c1-11(2)16(21)19-14-7-3-12(4-8-14)17(22)20-15-9-5-13(18)6-10-15/h3-4,7-8,11,13,15H,5-6,9-10,18H2,1-2H3,(H,19,21)(H,20,22). The minimum Gasteiger partial charge on any atom is -0.349 e. The zero-order valence-corrected chi connectivity index (χ0v) is 13.3. The number of carbonyl (C=O) groups excluding carboxylic acids is 2. The van der Waals surface area contributed by atoms with E-state index in [9.17, 15) is 9.59 Å². The summed E-state index contributed by atoms with van der Waals surface area (Å²) in [7, 11) is 0. The number of rotatable bonds is 4. The van der Waals surface area contributed by atoms with Gasteiger partial charge in [0.1, 0.15) is 0 Å². The van der Waals surface area contributed by atoms with E-state index in [1.807, 2.05) is 13.8 Å². The maximum absolute atomic E-state index is 12.2. The molecular weight excluding hydrogens is 278 g/mol. The average molecular weight is 303 g/mol. The molecule has 1 saturated carbocycles. The van der Waals surface area contributed by atoms with Crippen molar-refractivity contribution in [3.8, 4) is 0 Å². The Bertz CT molecular complexity index is 517. The first-order valence-corrected chi connectivity index (χ1v) is 7.93. The van der Waals surface area contributed by atoms with Gasteiger partial charge in [0, 0.05) is 29.3 Å². The number of benzene rings is 1. The van der Waals surface area contributed by atoms with E-state index >= 15 is 0 Å². The van der Waals surface area contributed by atoms with Crippen LogP contribution < -0.4 is 16.4 Å². The van der Waals surface area contributed by atoms with Gasteiger partial charge in [0.25, 0.3) is 5.91 Å². The molecule has 0 bridgehead atoms. The number of nitrogens with one attached hydrogen (secondary N) is 2. The molecule has 2 rings (SSSR count). The van der Waals surface area contributed by atoms with Crippen molar-refractivity contribution in [2.45, 2.75) is 51.6 Å². The monoisotopic (exact) mass is 303 g/mol. The lowest BCUT2D eigenvalue weighted by Gasteiger charge is -2.26. The van der Waals surface area contributed by atoms with Gasteiger partial charge in [0.2, 0.25) is 5.91 Å². The predicted molar refractivity (Wildman–Crippen MR) is 87.6 cm³/mol. The van der Waals surface area contributed by atoms with Gasteiger partial charge in [-0.15, -0.1) is 0 Å². The van der Waals surface area contributed by atoms with Crippen LogP contribution in [0.1, 0.15) is 49.9 Å². The minimum absolute atomic E-state index is 0.0317. The topological polar surface area (TPSA) is 84.2 Å². The Labute approximate surface area is 131 Å². The van der Waals surface area contributed by atoms with Crippen molar-refractivity contribution in [3.05, 3.63) is 29.8 Å². The first-order valence-electron chi connectivity index (χ1n) is 7.93. The second kappa shape index (κ2) is 7.40. The van der Waals surface area contributed by atoms with Crippen molar-refractivity contribution in [1.29, 1.82) is 0 Å². The highest BCUT2D eigenvalue weighted by atomic mass is 16.2. The summed E-state index contributed by atoms with van der Waals surface area (Å²) in [6.45, 7) is 3.68. The quantitative estimate of drug-likeness (QED) is 0.798. The molecule has 4 N–H and O–H groups in total. The third-order valence-corrected chi connectivity index (χ3v) is 4.05. The van der Waals surface area contributed by atoms with Gasteiger partial charge in [0.15, 0.2) is 0 Å². The second-order valence-electron chi connectivity index (χ2n) is 6.31. The van der Waals surface area contributed by atoms with Crippen molar-refractivity contribution in [2.75, 3.05) is 5.32 Å². The van der Waals surface area contributed by atoms with Gasteiger partial charge < -0.3 is 16.4 Å². The zero-order chi connectivity index (χ0) is 16.1. The summed E-state index contributed by atoms with van der Waals surface area (Å²) in [5.74, 6) is -0.168. The Hall–Kier alpha value is -1.88. The molecule has 120 valence electrons. The summed E-state index contributed by atoms with van der Waals surface area (Å²) < 4.78 is 0. The fourth-order valence-corrected chi connectivity index (χ4v) is 2.52. The van der Waals surface area contributed by atoms with E-state index in [1.54, 1.807) is 24.3 Å². The smallest absolute Gasteiger partial charge is 0.251 e. The van der Waals surface area contributed by atoms with Gasteiger partial charge in [-0.1, -0.05) is 13.8 Å². The van der Waals surface area contributed by atoms with Gasteiger partial charge in [0.05, 0.1) is 0 Å². The van der Waals surface area contributed by atoms with E-state index in [1.165, 1.54) is 0 Å². The van der Waals surface area contributed by atoms with Crippen molar-refractivity contribution in [3.63, 3.8) is 0 Å². The molecule has 0 atom stereocenters. The van der Waals surface area contributed by atoms with Crippen LogP contribution in [0.3, 0.4) is 0 Å². The molecule has 2 amide bonds. The van der Waals surface area contributed by atoms with E-state index < -0.39 is 0 Å². The fourth-order valence-electron chi connectivity index (χ4n) is 2.52. The number of hydrogen-bond acceptors (Lipinski definition) is 3. The molecule has 22 heavy (non-hydrogen) atoms. The van der Waals surface area contributed by atoms with Crippen molar-refractivity contribution >= 4 is 17.5 Å². The van der Waals surface area contributed by atoms with Gasteiger partial charge in [-0.3, -0.25) is 9.59 Å². The maximum atomic E-state index is 12.2. The summed E-state index contributed by atoms with van der Waals surface area (Å²) in [6, 6.07) is 7.47. The normalized spacial score (nSPS) is 21.5. The van der Waals surface area contributed by atoms with Gasteiger partial charge >= 0.3 is 0 Å². The van der Waals surface area contributed by atoms with Gasteiger partial charge in [-0.25, -0.2) is 0 Å². The summed E-state index contributed by atoms with van der Waals surface area (Å²) >= 11 is 0. The Morgan fingerprint density at radius 2 is 1.68 bits per heavy atom. The molecule has 5 heteroatoms. The SMILES string of the molecule is CC(C)C(=O)Nc1ccc(C(=O)NC2CCC(N)CC2)cc1. The van der Waals surface area contributed by atoms with Crippen LogP contribution >= 0.6 is 0 Å². The summed E-state index contributed by atoms with van der Waals surface area (Å²) in [4.78, 5) is 23.8. The lowest BCUT2D eigenvalue weighted by atomic mass is 9.91. The number of nitrogens with two attached hydrogens (primary N) is 1. The van der Waals surface area contributed by atoms with Crippen LogP contribution in [0, 0.1) is 5.92 Å². The molecule has 5 nitrogen and oxygen atoms in total. The average Bonchev–Trinajstić information content (AvgIpc) is 2.50. The molecule has 0 aromatic heterocycles. The molecule has 1 aliphatic carbocycles. The maximum Gasteiger partial charge on any atom is 0.251 e. The molecule has 0 radical (unpaired) electrons. The first-order chi connectivity index (χ1) is 10.5. The van der Waals surface area contributed by atoms with E-state index in [4.69, 9.17) is 5.73 Å². The summed E-state index contributed by atoms with van der Waals surface area (Å²) in [6.07, 6.45) is 3.81. The summed E-state index contributed by atoms with van der Waals surface area (Å²) in [5, 5.41) is 5.86. The van der Waals surface area contributed by atoms with E-state index in [2.05, 4.69) is 10.6 Å².